The molecule has 30 heavy (non-hydrogen) atoms. The lowest BCUT2D eigenvalue weighted by molar-refractivity contribution is 0.0936. The van der Waals surface area contributed by atoms with Gasteiger partial charge in [-0.15, -0.1) is 11.3 Å². The van der Waals surface area contributed by atoms with Gasteiger partial charge in [-0.3, -0.25) is 9.69 Å². The van der Waals surface area contributed by atoms with E-state index in [9.17, 15) is 13.2 Å². The number of hydrogen-bond acceptors (Lipinski definition) is 6. The zero-order valence-electron chi connectivity index (χ0n) is 17.4. The first-order valence-electron chi connectivity index (χ1n) is 10.2. The summed E-state index contributed by atoms with van der Waals surface area (Å²) in [4.78, 5) is 15.7. The summed E-state index contributed by atoms with van der Waals surface area (Å²) in [5.41, 5.74) is 1.13. The van der Waals surface area contributed by atoms with Gasteiger partial charge in [0.25, 0.3) is 5.91 Å². The van der Waals surface area contributed by atoms with Crippen molar-refractivity contribution in [2.24, 2.45) is 0 Å². The quantitative estimate of drug-likeness (QED) is 0.613. The van der Waals surface area contributed by atoms with Crippen molar-refractivity contribution in [1.82, 2.24) is 14.5 Å². The minimum Gasteiger partial charge on any atom is -0.349 e. The van der Waals surface area contributed by atoms with E-state index in [1.165, 1.54) is 15.6 Å². The Labute approximate surface area is 187 Å². The second-order valence-electron chi connectivity index (χ2n) is 6.99. The van der Waals surface area contributed by atoms with Crippen LogP contribution in [0.25, 0.3) is 0 Å². The van der Waals surface area contributed by atoms with Crippen LogP contribution in [0, 0.1) is 0 Å². The average Bonchev–Trinajstić information content (AvgIpc) is 3.29. The Balaban J connectivity index is 1.77. The zero-order valence-corrected chi connectivity index (χ0v) is 19.9. The van der Waals surface area contributed by atoms with Crippen LogP contribution < -0.4 is 5.32 Å². The van der Waals surface area contributed by atoms with Gasteiger partial charge in [0.1, 0.15) is 9.77 Å². The molecule has 6 nitrogen and oxygen atoms in total. The minimum absolute atomic E-state index is 0.0317. The number of likely N-dealkylation sites (N-methyl/N-ethyl adjacent to an activating group) is 1. The Bertz CT molecular complexity index is 921. The van der Waals surface area contributed by atoms with Crippen LogP contribution in [0.1, 0.15) is 35.1 Å². The molecule has 3 rings (SSSR count). The van der Waals surface area contributed by atoms with E-state index in [2.05, 4.69) is 36.2 Å². The monoisotopic (exact) mass is 467 g/mol. The van der Waals surface area contributed by atoms with Gasteiger partial charge in [-0.05, 0) is 30.1 Å². The van der Waals surface area contributed by atoms with E-state index < -0.39 is 10.0 Å². The lowest BCUT2D eigenvalue weighted by Crippen LogP contribution is -2.40. The number of benzene rings is 1. The second kappa shape index (κ2) is 10.8. The number of thioether (sulfide) groups is 1. The molecular weight excluding hydrogens is 438 g/mol. The molecule has 0 saturated carbocycles. The van der Waals surface area contributed by atoms with E-state index in [1.807, 2.05) is 18.2 Å². The van der Waals surface area contributed by atoms with Crippen molar-refractivity contribution in [1.29, 1.82) is 0 Å². The summed E-state index contributed by atoms with van der Waals surface area (Å²) in [6.07, 6.45) is 0. The first kappa shape index (κ1) is 23.3. The molecule has 2 heterocycles. The van der Waals surface area contributed by atoms with Crippen molar-refractivity contribution < 1.29 is 13.2 Å². The number of nitrogens with one attached hydrogen (secondary N) is 1. The second-order valence-corrected chi connectivity index (χ2v) is 11.0. The molecule has 0 radical (unpaired) electrons. The third kappa shape index (κ3) is 5.26. The highest BCUT2D eigenvalue weighted by Gasteiger charge is 2.31. The smallest absolute Gasteiger partial charge is 0.262 e. The summed E-state index contributed by atoms with van der Waals surface area (Å²) in [7, 11) is -3.65. The van der Waals surface area contributed by atoms with E-state index in [0.29, 0.717) is 19.6 Å². The topological polar surface area (TPSA) is 69.7 Å². The van der Waals surface area contributed by atoms with Gasteiger partial charge in [-0.1, -0.05) is 44.2 Å². The van der Waals surface area contributed by atoms with Crippen LogP contribution in [0.4, 0.5) is 0 Å². The molecule has 1 fully saturated rings. The van der Waals surface area contributed by atoms with Crippen LogP contribution in [-0.4, -0.2) is 67.8 Å². The fourth-order valence-electron chi connectivity index (χ4n) is 3.66. The summed E-state index contributed by atoms with van der Waals surface area (Å²) in [5.74, 6) is 1.24. The molecule has 0 bridgehead atoms. The van der Waals surface area contributed by atoms with Gasteiger partial charge in [0.05, 0.1) is 6.04 Å². The van der Waals surface area contributed by atoms with Crippen molar-refractivity contribution in [2.45, 2.75) is 24.8 Å². The van der Waals surface area contributed by atoms with Crippen LogP contribution >= 0.6 is 23.1 Å². The highest BCUT2D eigenvalue weighted by Crippen LogP contribution is 2.27. The lowest BCUT2D eigenvalue weighted by atomic mass is 10.1. The number of hydrogen-bond donors (Lipinski definition) is 1. The Morgan fingerprint density at radius 1 is 1.13 bits per heavy atom. The number of amides is 1. The lowest BCUT2D eigenvalue weighted by Gasteiger charge is -2.30. The Hall–Kier alpha value is -1.39. The third-order valence-electron chi connectivity index (χ3n) is 5.32. The molecule has 2 aromatic rings. The van der Waals surface area contributed by atoms with Gasteiger partial charge >= 0.3 is 0 Å². The number of rotatable bonds is 9. The van der Waals surface area contributed by atoms with Crippen LogP contribution in [0.3, 0.4) is 0 Å². The number of nitrogens with zero attached hydrogens (tertiary/aromatic N) is 2. The molecule has 1 aliphatic heterocycles. The van der Waals surface area contributed by atoms with Crippen molar-refractivity contribution in [3.8, 4) is 0 Å². The number of carbonyl (C=O) groups excluding carboxylic acids is 1. The van der Waals surface area contributed by atoms with Crippen molar-refractivity contribution >= 4 is 39.0 Å². The van der Waals surface area contributed by atoms with Gasteiger partial charge in [0.2, 0.25) is 10.0 Å². The Morgan fingerprint density at radius 3 is 2.43 bits per heavy atom. The predicted octanol–water partition coefficient (Wildman–Crippen LogP) is 3.30. The van der Waals surface area contributed by atoms with Crippen LogP contribution in [0.15, 0.2) is 46.7 Å². The molecule has 0 aliphatic carbocycles. The first-order valence-corrected chi connectivity index (χ1v) is 13.7. The maximum atomic E-state index is 13.1. The van der Waals surface area contributed by atoms with Crippen LogP contribution in [0.5, 0.6) is 0 Å². The normalized spacial score (nSPS) is 16.5. The number of thiophene rings is 1. The molecule has 1 amide bonds. The molecule has 1 aromatic heterocycles. The fraction of sp³-hybridized carbons (Fsp3) is 0.476. The van der Waals surface area contributed by atoms with Gasteiger partial charge in [0.15, 0.2) is 0 Å². The molecule has 0 spiro atoms. The van der Waals surface area contributed by atoms with E-state index in [-0.39, 0.29) is 21.7 Å². The molecule has 1 saturated heterocycles. The maximum Gasteiger partial charge on any atom is 0.262 e. The highest BCUT2D eigenvalue weighted by atomic mass is 32.2. The molecule has 1 unspecified atom stereocenters. The van der Waals surface area contributed by atoms with Gasteiger partial charge < -0.3 is 5.32 Å². The van der Waals surface area contributed by atoms with E-state index in [4.69, 9.17) is 0 Å². The highest BCUT2D eigenvalue weighted by molar-refractivity contribution is 7.99. The first-order chi connectivity index (χ1) is 14.5. The largest absolute Gasteiger partial charge is 0.349 e. The zero-order chi connectivity index (χ0) is 21.6. The fourth-order valence-corrected chi connectivity index (χ4v) is 7.55. The molecular formula is C21H29N3O3S3. The van der Waals surface area contributed by atoms with Crippen LogP contribution in [0.2, 0.25) is 0 Å². The average molecular weight is 468 g/mol. The summed E-state index contributed by atoms with van der Waals surface area (Å²) in [6, 6.07) is 11.7. The number of sulfonamides is 1. The summed E-state index contributed by atoms with van der Waals surface area (Å²) in [6.45, 7) is 7.31. The SMILES string of the molecule is CCN(CC)C(CNC(=O)c1sccc1S(=O)(=O)N1CCSCC1)c1ccccc1. The Kier molecular flexibility index (Phi) is 8.35. The van der Waals surface area contributed by atoms with Crippen molar-refractivity contribution in [3.63, 3.8) is 0 Å². The minimum atomic E-state index is -3.65. The molecule has 1 N–H and O–H groups in total. The van der Waals surface area contributed by atoms with Gasteiger partial charge in [0, 0.05) is 31.1 Å². The van der Waals surface area contributed by atoms with E-state index >= 15 is 0 Å². The van der Waals surface area contributed by atoms with E-state index in [1.54, 1.807) is 23.2 Å². The van der Waals surface area contributed by atoms with Crippen molar-refractivity contribution in [3.05, 3.63) is 52.2 Å². The summed E-state index contributed by atoms with van der Waals surface area (Å²) >= 11 is 2.93. The summed E-state index contributed by atoms with van der Waals surface area (Å²) in [5, 5.41) is 4.67. The molecule has 1 aromatic carbocycles. The van der Waals surface area contributed by atoms with E-state index in [0.717, 1.165) is 30.2 Å². The standard InChI is InChI=1S/C21H29N3O3S3/c1-3-23(4-2)18(17-8-6-5-7-9-17)16-22-21(25)20-19(10-13-29-20)30(26,27)24-11-14-28-15-12-24/h5-10,13,18H,3-4,11-12,14-16H2,1-2H3,(H,22,25). The van der Waals surface area contributed by atoms with Gasteiger partial charge in [-0.2, -0.15) is 16.1 Å². The molecule has 1 aliphatic rings. The summed E-state index contributed by atoms with van der Waals surface area (Å²) < 4.78 is 27.6. The van der Waals surface area contributed by atoms with Crippen LogP contribution in [-0.2, 0) is 10.0 Å². The maximum absolute atomic E-state index is 13.1. The molecule has 1 atom stereocenters. The molecule has 164 valence electrons. The van der Waals surface area contributed by atoms with Crippen molar-refractivity contribution in [2.75, 3.05) is 44.2 Å². The third-order valence-corrected chi connectivity index (χ3v) is 9.24. The number of carbonyl (C=O) groups is 1. The molecule has 9 heteroatoms. The Morgan fingerprint density at radius 2 is 1.80 bits per heavy atom. The predicted molar refractivity (Wildman–Crippen MR) is 125 cm³/mol. The van der Waals surface area contributed by atoms with Gasteiger partial charge in [-0.25, -0.2) is 8.42 Å².